The average molecular weight is 223 g/mol. The number of H-pyrrole nitrogens is 1. The quantitative estimate of drug-likeness (QED) is 0.781. The Labute approximate surface area is 94.9 Å². The Kier molecular flexibility index (Phi) is 2.20. The van der Waals surface area contributed by atoms with E-state index in [1.54, 1.807) is 0 Å². The fourth-order valence-electron chi connectivity index (χ4n) is 2.78. The summed E-state index contributed by atoms with van der Waals surface area (Å²) in [5, 5.41) is 7.37. The zero-order valence-corrected chi connectivity index (χ0v) is 9.89. The molecule has 0 saturated heterocycles. The molecular weight excluding hydrogens is 206 g/mol. The van der Waals surface area contributed by atoms with E-state index in [1.165, 1.54) is 37.9 Å². The summed E-state index contributed by atoms with van der Waals surface area (Å²) < 4.78 is 3.14. The minimum absolute atomic E-state index is 0.604. The molecule has 3 rings (SSSR count). The molecule has 0 spiro atoms. The number of hydrogen-bond donors (Lipinski definition) is 1. The van der Waals surface area contributed by atoms with Gasteiger partial charge in [-0.3, -0.25) is 5.10 Å². The molecule has 1 aromatic heterocycles. The number of aromatic amines is 1. The normalized spacial score (nSPS) is 31.0. The zero-order chi connectivity index (χ0) is 10.4. The molecule has 2 saturated carbocycles. The topological polar surface area (TPSA) is 33.6 Å². The third-order valence-corrected chi connectivity index (χ3v) is 4.11. The largest absolute Gasteiger partial charge is 0.301 e. The monoisotopic (exact) mass is 223 g/mol. The van der Waals surface area contributed by atoms with E-state index in [1.807, 2.05) is 0 Å². The van der Waals surface area contributed by atoms with E-state index in [-0.39, 0.29) is 0 Å². The maximum absolute atomic E-state index is 5.35. The van der Waals surface area contributed by atoms with Crippen LogP contribution in [-0.2, 0) is 0 Å². The highest BCUT2D eigenvalue weighted by atomic mass is 32.1. The summed E-state index contributed by atoms with van der Waals surface area (Å²) in [6.45, 7) is 2.34. The Morgan fingerprint density at radius 1 is 1.33 bits per heavy atom. The van der Waals surface area contributed by atoms with Crippen LogP contribution in [0.5, 0.6) is 0 Å². The number of rotatable bonds is 2. The van der Waals surface area contributed by atoms with E-state index in [0.29, 0.717) is 12.0 Å². The van der Waals surface area contributed by atoms with Gasteiger partial charge in [0.2, 0.25) is 0 Å². The molecule has 82 valence electrons. The zero-order valence-electron chi connectivity index (χ0n) is 9.07. The van der Waals surface area contributed by atoms with E-state index in [4.69, 9.17) is 12.2 Å². The number of nitrogens with one attached hydrogen (secondary N) is 1. The number of hydrogen-bond acceptors (Lipinski definition) is 2. The Morgan fingerprint density at radius 3 is 2.73 bits per heavy atom. The van der Waals surface area contributed by atoms with Gasteiger partial charge in [-0.1, -0.05) is 13.3 Å². The van der Waals surface area contributed by atoms with Crippen LogP contribution in [0.3, 0.4) is 0 Å². The molecule has 2 atom stereocenters. The van der Waals surface area contributed by atoms with Crippen molar-refractivity contribution in [2.45, 2.75) is 51.0 Å². The Morgan fingerprint density at radius 2 is 2.13 bits per heavy atom. The highest BCUT2D eigenvalue weighted by Crippen LogP contribution is 2.43. The van der Waals surface area contributed by atoms with E-state index in [9.17, 15) is 0 Å². The van der Waals surface area contributed by atoms with Crippen LogP contribution in [0, 0.1) is 10.7 Å². The molecule has 1 heterocycles. The van der Waals surface area contributed by atoms with Crippen LogP contribution < -0.4 is 0 Å². The van der Waals surface area contributed by atoms with Crippen molar-refractivity contribution < 1.29 is 0 Å². The Bertz CT molecular complexity index is 416. The summed E-state index contributed by atoms with van der Waals surface area (Å²) >= 11 is 5.35. The van der Waals surface area contributed by atoms with Crippen molar-refractivity contribution >= 4 is 12.2 Å². The van der Waals surface area contributed by atoms with Crippen LogP contribution >= 0.6 is 12.2 Å². The molecule has 0 aliphatic heterocycles. The Balaban J connectivity index is 2.01. The maximum atomic E-state index is 5.35. The maximum Gasteiger partial charge on any atom is 0.195 e. The van der Waals surface area contributed by atoms with Crippen LogP contribution in [0.15, 0.2) is 0 Å². The molecule has 15 heavy (non-hydrogen) atoms. The minimum Gasteiger partial charge on any atom is -0.301 e. The molecule has 0 radical (unpaired) electrons. The fourth-order valence-corrected chi connectivity index (χ4v) is 3.05. The molecule has 1 aromatic rings. The highest BCUT2D eigenvalue weighted by Gasteiger charge is 2.34. The fraction of sp³-hybridized carbons (Fsp3) is 0.818. The average Bonchev–Trinajstić information content (AvgIpc) is 2.88. The van der Waals surface area contributed by atoms with E-state index >= 15 is 0 Å². The van der Waals surface area contributed by atoms with Crippen molar-refractivity contribution in [2.24, 2.45) is 5.92 Å². The first-order valence-corrected chi connectivity index (χ1v) is 6.35. The van der Waals surface area contributed by atoms with Crippen molar-refractivity contribution in [3.63, 3.8) is 0 Å². The van der Waals surface area contributed by atoms with Crippen molar-refractivity contribution in [1.82, 2.24) is 14.8 Å². The smallest absolute Gasteiger partial charge is 0.195 e. The van der Waals surface area contributed by atoms with Gasteiger partial charge in [0.1, 0.15) is 5.82 Å². The van der Waals surface area contributed by atoms with Gasteiger partial charge in [0, 0.05) is 12.0 Å². The third-order valence-electron chi connectivity index (χ3n) is 3.82. The number of aromatic nitrogens is 3. The lowest BCUT2D eigenvalue weighted by atomic mass is 10.1. The van der Waals surface area contributed by atoms with Gasteiger partial charge in [0.25, 0.3) is 0 Å². The van der Waals surface area contributed by atoms with Crippen molar-refractivity contribution in [1.29, 1.82) is 0 Å². The second-order valence-corrected chi connectivity index (χ2v) is 5.39. The Hall–Kier alpha value is -0.640. The minimum atomic E-state index is 0.604. The molecule has 0 bridgehead atoms. The second-order valence-electron chi connectivity index (χ2n) is 5.01. The second kappa shape index (κ2) is 3.44. The van der Waals surface area contributed by atoms with E-state index in [0.717, 1.165) is 10.7 Å². The highest BCUT2D eigenvalue weighted by molar-refractivity contribution is 7.71. The molecule has 3 nitrogen and oxygen atoms in total. The first-order valence-electron chi connectivity index (χ1n) is 5.94. The summed E-state index contributed by atoms with van der Waals surface area (Å²) in [6.07, 6.45) is 6.53. The lowest BCUT2D eigenvalue weighted by molar-refractivity contribution is 0.392. The summed E-state index contributed by atoms with van der Waals surface area (Å²) in [5.41, 5.74) is 0. The first kappa shape index (κ1) is 9.58. The van der Waals surface area contributed by atoms with Gasteiger partial charge < -0.3 is 4.57 Å². The molecule has 0 amide bonds. The standard InChI is InChI=1S/C11H17N3S/c1-7-3-2-4-9(7)14-10(8-5-6-8)12-13-11(14)15/h7-9H,2-6H2,1H3,(H,13,15). The molecule has 2 fully saturated rings. The molecule has 2 unspecified atom stereocenters. The van der Waals surface area contributed by atoms with Crippen molar-refractivity contribution in [3.05, 3.63) is 10.6 Å². The van der Waals surface area contributed by atoms with Gasteiger partial charge in [-0.05, 0) is 43.8 Å². The van der Waals surface area contributed by atoms with Gasteiger partial charge in [0.15, 0.2) is 4.77 Å². The van der Waals surface area contributed by atoms with Crippen molar-refractivity contribution in [3.8, 4) is 0 Å². The van der Waals surface area contributed by atoms with Crippen molar-refractivity contribution in [2.75, 3.05) is 0 Å². The molecule has 1 N–H and O–H groups in total. The van der Waals surface area contributed by atoms with Crippen LogP contribution in [0.2, 0.25) is 0 Å². The van der Waals surface area contributed by atoms with Crippen LogP contribution in [0.1, 0.15) is 56.8 Å². The van der Waals surface area contributed by atoms with Crippen LogP contribution in [0.4, 0.5) is 0 Å². The van der Waals surface area contributed by atoms with E-state index in [2.05, 4.69) is 21.7 Å². The van der Waals surface area contributed by atoms with Gasteiger partial charge in [-0.15, -0.1) is 0 Å². The van der Waals surface area contributed by atoms with Crippen LogP contribution in [0.25, 0.3) is 0 Å². The lowest BCUT2D eigenvalue weighted by Crippen LogP contribution is -2.14. The summed E-state index contributed by atoms with van der Waals surface area (Å²) in [4.78, 5) is 0. The molecule has 2 aliphatic carbocycles. The third kappa shape index (κ3) is 1.55. The summed E-state index contributed by atoms with van der Waals surface area (Å²) in [7, 11) is 0. The predicted molar refractivity (Wildman–Crippen MR) is 61.4 cm³/mol. The van der Waals surface area contributed by atoms with Gasteiger partial charge in [-0.25, -0.2) is 0 Å². The summed E-state index contributed by atoms with van der Waals surface area (Å²) in [6, 6.07) is 0.604. The van der Waals surface area contributed by atoms with Gasteiger partial charge >= 0.3 is 0 Å². The van der Waals surface area contributed by atoms with Crippen LogP contribution in [-0.4, -0.2) is 14.8 Å². The molecule has 2 aliphatic rings. The molecule has 4 heteroatoms. The first-order chi connectivity index (χ1) is 7.27. The van der Waals surface area contributed by atoms with Gasteiger partial charge in [0.05, 0.1) is 0 Å². The number of nitrogens with zero attached hydrogens (tertiary/aromatic N) is 2. The lowest BCUT2D eigenvalue weighted by Gasteiger charge is -2.18. The predicted octanol–water partition coefficient (Wildman–Crippen LogP) is 3.18. The SMILES string of the molecule is CC1CCCC1n1c(C2CC2)n[nH]c1=S. The molecular formula is C11H17N3S. The van der Waals surface area contributed by atoms with E-state index < -0.39 is 0 Å². The molecule has 0 aromatic carbocycles. The van der Waals surface area contributed by atoms with Gasteiger partial charge in [-0.2, -0.15) is 5.10 Å². The summed E-state index contributed by atoms with van der Waals surface area (Å²) in [5.74, 6) is 2.66.